The van der Waals surface area contributed by atoms with Gasteiger partial charge in [-0.1, -0.05) is 206 Å². The minimum Gasteiger partial charge on any atom is -0.424 e. The van der Waals surface area contributed by atoms with Crippen molar-refractivity contribution < 1.29 is 42.6 Å². The molecule has 17 rings (SSSR count). The first-order valence-electron chi connectivity index (χ1n) is 40.1. The fourth-order valence-electron chi connectivity index (χ4n) is 16.4. The van der Waals surface area contributed by atoms with E-state index in [2.05, 4.69) is 106 Å². The summed E-state index contributed by atoms with van der Waals surface area (Å²) in [5.74, 6) is 7.80. The second-order valence-electron chi connectivity index (χ2n) is 30.1. The van der Waals surface area contributed by atoms with Crippen molar-refractivity contribution in [1.29, 1.82) is 0 Å². The van der Waals surface area contributed by atoms with E-state index in [1.807, 2.05) is 158 Å². The Morgan fingerprint density at radius 3 is 0.387 bits per heavy atom. The summed E-state index contributed by atoms with van der Waals surface area (Å²) in [7, 11) is 0. The van der Waals surface area contributed by atoms with Crippen molar-refractivity contribution in [3.63, 3.8) is 0 Å². The lowest BCUT2D eigenvalue weighted by atomic mass is 9.84. The molecule has 0 amide bonds. The largest absolute Gasteiger partial charge is 0.424 e. The summed E-state index contributed by atoms with van der Waals surface area (Å²) < 4.78 is 56.9. The lowest BCUT2D eigenvalue weighted by Gasteiger charge is -2.22. The fourth-order valence-corrected chi connectivity index (χ4v) is 16.4. The van der Waals surface area contributed by atoms with Gasteiger partial charge in [0.05, 0.1) is 0 Å². The van der Waals surface area contributed by atoms with E-state index in [1.54, 1.807) is 0 Å². The van der Waals surface area contributed by atoms with Gasteiger partial charge in [0.25, 0.3) is 0 Å². The topological polar surface area (TPSA) is 199 Å². The molecule has 5 saturated carbocycles. The predicted molar refractivity (Wildman–Crippen MR) is 425 cm³/mol. The maximum atomic E-state index is 6.38. The third-order valence-electron chi connectivity index (χ3n) is 22.5. The van der Waals surface area contributed by atoms with Gasteiger partial charge in [-0.05, 0) is 253 Å². The molecule has 0 bridgehead atoms. The van der Waals surface area contributed by atoms with Crippen molar-refractivity contribution in [2.75, 3.05) is 0 Å². The van der Waals surface area contributed by atoms with Gasteiger partial charge in [-0.25, -0.2) is 0 Å². The van der Waals surface area contributed by atoms with Crippen molar-refractivity contribution in [3.05, 3.63) is 246 Å². The molecule has 0 aliphatic heterocycles. The van der Waals surface area contributed by atoms with Crippen molar-refractivity contribution in [3.8, 4) is 128 Å². The summed E-state index contributed by atoms with van der Waals surface area (Å²) in [6.45, 7) is 0. The maximum absolute atomic E-state index is 6.38. The van der Waals surface area contributed by atoms with Crippen LogP contribution in [0.15, 0.2) is 218 Å². The predicted octanol–water partition coefficient (Wildman–Crippen LogP) is 25.9. The summed E-state index contributed by atoms with van der Waals surface area (Å²) in [6.07, 6.45) is 31.2. The first kappa shape index (κ1) is 72.1. The number of benzene rings is 9. The summed E-state index contributed by atoms with van der Waals surface area (Å²) in [6, 6.07) is 72.0. The average molecular weight is 1480 g/mol. The Labute approximate surface area is 648 Å². The Morgan fingerprint density at radius 1 is 0.144 bits per heavy atom. The van der Waals surface area contributed by atoms with E-state index >= 15 is 0 Å². The Kier molecular flexibility index (Phi) is 22.6. The van der Waals surface area contributed by atoms with E-state index in [-0.39, 0.29) is 54.1 Å². The van der Waals surface area contributed by atoms with Gasteiger partial charge in [0.2, 0.25) is 0 Å². The minimum absolute atomic E-state index is 0.00463. The molecule has 0 saturated heterocycles. The van der Waals surface area contributed by atoms with Gasteiger partial charge in [0.1, 0.15) is 51.7 Å². The van der Waals surface area contributed by atoms with Crippen LogP contribution in [-0.2, 0) is 0 Å². The zero-order valence-corrected chi connectivity index (χ0v) is 62.5. The molecule has 0 radical (unpaired) electrons. The lowest BCUT2D eigenvalue weighted by Crippen LogP contribution is -2.05. The van der Waals surface area contributed by atoms with E-state index < -0.39 is 0 Å². The smallest absolute Gasteiger partial charge is 0.331 e. The van der Waals surface area contributed by atoms with E-state index in [0.717, 1.165) is 22.3 Å². The summed E-state index contributed by atoms with van der Waals surface area (Å²) in [5.41, 5.74) is 10.3. The molecule has 111 heavy (non-hydrogen) atoms. The fraction of sp³-hybridized carbons (Fsp3) is 0.323. The van der Waals surface area contributed by atoms with Gasteiger partial charge in [0, 0.05) is 0 Å². The van der Waals surface area contributed by atoms with Crippen LogP contribution in [0.4, 0.5) is 0 Å². The Balaban J connectivity index is 0.569. The van der Waals surface area contributed by atoms with Crippen LogP contribution in [0.5, 0.6) is 106 Å². The molecule has 12 aromatic rings. The highest BCUT2D eigenvalue weighted by Crippen LogP contribution is 2.42. The molecule has 3 heterocycles. The normalized spacial score (nSPS) is 16.1. The Hall–Kier alpha value is -11.8. The maximum Gasteiger partial charge on any atom is 0.331 e. The Morgan fingerprint density at radius 2 is 0.261 bits per heavy atom. The number of hydrogen-bond acceptors (Lipinski definition) is 18. The molecule has 3 aromatic heterocycles. The van der Waals surface area contributed by atoms with Crippen LogP contribution in [-0.4, -0.2) is 44.9 Å². The van der Waals surface area contributed by atoms with Crippen LogP contribution in [0.25, 0.3) is 22.3 Å². The zero-order chi connectivity index (χ0) is 74.3. The van der Waals surface area contributed by atoms with E-state index in [4.69, 9.17) is 42.6 Å². The van der Waals surface area contributed by atoms with Gasteiger partial charge in [-0.3, -0.25) is 0 Å². The average Bonchev–Trinajstić information content (AvgIpc) is 0.825. The van der Waals surface area contributed by atoms with Crippen LogP contribution < -0.4 is 42.6 Å². The Bertz CT molecular complexity index is 4560. The molecule has 0 unspecified atom stereocenters. The zero-order valence-electron chi connectivity index (χ0n) is 62.5. The molecule has 562 valence electrons. The second kappa shape index (κ2) is 34.8. The quantitative estimate of drug-likeness (QED) is 0.0523. The minimum atomic E-state index is -0.0223. The number of rotatable bonds is 25. The van der Waals surface area contributed by atoms with Crippen LogP contribution in [0, 0.1) is 0 Å². The molecular weight excluding hydrogens is 1390 g/mol. The van der Waals surface area contributed by atoms with E-state index in [0.29, 0.717) is 81.3 Å². The van der Waals surface area contributed by atoms with Crippen molar-refractivity contribution in [1.82, 2.24) is 44.9 Å². The highest BCUT2D eigenvalue weighted by atomic mass is 16.6. The second-order valence-corrected chi connectivity index (χ2v) is 30.1. The molecule has 18 heteroatoms. The number of ether oxygens (including phenoxy) is 9. The highest BCUT2D eigenvalue weighted by molar-refractivity contribution is 5.66. The lowest BCUT2D eigenvalue weighted by molar-refractivity contribution is 0.361. The van der Waals surface area contributed by atoms with Gasteiger partial charge in [-0.15, -0.1) is 44.9 Å². The number of aromatic nitrogens is 9. The first-order valence-corrected chi connectivity index (χ1v) is 40.1. The van der Waals surface area contributed by atoms with Crippen molar-refractivity contribution in [2.24, 2.45) is 0 Å². The monoisotopic (exact) mass is 1480 g/mol. The summed E-state index contributed by atoms with van der Waals surface area (Å²) >= 11 is 0. The van der Waals surface area contributed by atoms with Crippen LogP contribution in [0.3, 0.4) is 0 Å². The van der Waals surface area contributed by atoms with Gasteiger partial charge < -0.3 is 42.6 Å². The van der Waals surface area contributed by atoms with Crippen LogP contribution >= 0.6 is 0 Å². The van der Waals surface area contributed by atoms with Crippen LogP contribution in [0.2, 0.25) is 0 Å². The third kappa shape index (κ3) is 19.1. The molecule has 5 fully saturated rings. The standard InChI is InChI=1S/C93H91N9O9/c1-6-16-62(17-7-1)67-26-44-76(45-27-67)103-85-94-86(104-77-46-28-68(29-47-77)63-18-8-2-9-19-63)97-90(96-85)108-81-54-36-72(37-55-81)74-40-58-83(59-41-74)110-92-100-89(107-80-52-34-71(35-53-80)66-24-14-5-15-25-66)101-93(102-92)111-84-60-42-75(43-61-84)73-38-56-82(57-39-73)109-91-98-87(105-78-48-30-69(31-49-78)64-20-10-3-11-21-64)95-88(99-91)106-79-50-32-70(33-51-79)65-22-12-4-13-23-65/h26-66H,1-25H2. The van der Waals surface area contributed by atoms with E-state index in [9.17, 15) is 0 Å². The molecule has 0 N–H and O–H groups in total. The summed E-state index contributed by atoms with van der Waals surface area (Å²) in [5, 5.41) is 0. The van der Waals surface area contributed by atoms with Gasteiger partial charge in [0.15, 0.2) is 0 Å². The third-order valence-corrected chi connectivity index (χ3v) is 22.5. The molecule has 0 spiro atoms. The molecule has 0 atom stereocenters. The van der Waals surface area contributed by atoms with Crippen LogP contribution in [0.1, 0.15) is 218 Å². The van der Waals surface area contributed by atoms with Gasteiger partial charge >= 0.3 is 54.1 Å². The molecular formula is C93H91N9O9. The summed E-state index contributed by atoms with van der Waals surface area (Å²) in [4.78, 5) is 41.5. The molecule has 18 nitrogen and oxygen atoms in total. The van der Waals surface area contributed by atoms with Crippen molar-refractivity contribution in [2.45, 2.75) is 190 Å². The molecule has 5 aliphatic rings. The molecule has 5 aliphatic carbocycles. The molecule has 9 aromatic carbocycles. The number of nitrogens with zero attached hydrogens (tertiary/aromatic N) is 9. The SMILES string of the molecule is c1cc(-c2ccc(Oc3nc(Oc4ccc(C5CCCCC5)cc4)nc(Oc4ccc(C5CCCCC5)cc4)n3)cc2)ccc1Oc1nc(Oc2ccc(-c3ccc(Oc4nc(Oc5ccc(C6CCCCC6)cc5)nc(Oc5ccc(C6CCCCC6)cc5)n4)cc3)cc2)nc(Oc2ccc(C3CCCCC3)cc2)n1. The van der Waals surface area contributed by atoms with E-state index in [1.165, 1.54) is 188 Å². The van der Waals surface area contributed by atoms with Crippen molar-refractivity contribution >= 4 is 0 Å². The first-order chi connectivity index (χ1) is 54.8. The van der Waals surface area contributed by atoms with Gasteiger partial charge in [-0.2, -0.15) is 0 Å². The number of hydrogen-bond donors (Lipinski definition) is 0. The highest BCUT2D eigenvalue weighted by Gasteiger charge is 2.24.